The highest BCUT2D eigenvalue weighted by atomic mass is 19.1. The zero-order valence-electron chi connectivity index (χ0n) is 12.4. The van der Waals surface area contributed by atoms with Crippen LogP contribution in [0.2, 0.25) is 0 Å². The van der Waals surface area contributed by atoms with Crippen LogP contribution in [-0.4, -0.2) is 32.3 Å². The Hall–Kier alpha value is -2.07. The molecule has 1 saturated heterocycles. The molecule has 0 radical (unpaired) electrons. The van der Waals surface area contributed by atoms with Crippen LogP contribution in [0.3, 0.4) is 0 Å². The molecule has 4 heteroatoms. The van der Waals surface area contributed by atoms with Crippen molar-refractivity contribution < 1.29 is 9.13 Å². The molecule has 0 aliphatic carbocycles. The lowest BCUT2D eigenvalue weighted by Crippen LogP contribution is -2.51. The SMILES string of the molecule is Fc1ccc(-c2ccc3c(c2)N2CCNCC2CCO3)cc1. The molecule has 2 aliphatic rings. The number of rotatable bonds is 1. The van der Waals surface area contributed by atoms with Gasteiger partial charge in [-0.25, -0.2) is 4.39 Å². The largest absolute Gasteiger partial charge is 0.491 e. The average molecular weight is 298 g/mol. The summed E-state index contributed by atoms with van der Waals surface area (Å²) in [7, 11) is 0. The van der Waals surface area contributed by atoms with Crippen molar-refractivity contribution in [3.8, 4) is 16.9 Å². The standard InChI is InChI=1S/C18H19FN2O/c19-15-4-1-13(2-5-15)14-3-6-18-17(11-14)21-9-8-20-12-16(21)7-10-22-18/h1-6,11,16,20H,7-10,12H2. The maximum absolute atomic E-state index is 13.1. The van der Waals surface area contributed by atoms with E-state index in [-0.39, 0.29) is 5.82 Å². The van der Waals surface area contributed by atoms with Crippen molar-refractivity contribution in [3.05, 3.63) is 48.3 Å². The molecule has 1 unspecified atom stereocenters. The number of ether oxygens (including phenoxy) is 1. The maximum atomic E-state index is 13.1. The monoisotopic (exact) mass is 298 g/mol. The zero-order chi connectivity index (χ0) is 14.9. The first-order valence-electron chi connectivity index (χ1n) is 7.81. The summed E-state index contributed by atoms with van der Waals surface area (Å²) in [6.07, 6.45) is 1.04. The molecule has 4 rings (SSSR count). The minimum absolute atomic E-state index is 0.205. The lowest BCUT2D eigenvalue weighted by atomic mass is 10.0. The van der Waals surface area contributed by atoms with Gasteiger partial charge in [-0.1, -0.05) is 18.2 Å². The third-order valence-corrected chi connectivity index (χ3v) is 4.50. The molecule has 0 bridgehead atoms. The van der Waals surface area contributed by atoms with Gasteiger partial charge in [0.25, 0.3) is 0 Å². The summed E-state index contributed by atoms with van der Waals surface area (Å²) in [6, 6.07) is 13.4. The Bertz CT molecular complexity index is 671. The van der Waals surface area contributed by atoms with Crippen LogP contribution in [0.25, 0.3) is 11.1 Å². The lowest BCUT2D eigenvalue weighted by Gasteiger charge is -2.36. The Morgan fingerprint density at radius 3 is 2.77 bits per heavy atom. The minimum Gasteiger partial charge on any atom is -0.491 e. The minimum atomic E-state index is -0.205. The van der Waals surface area contributed by atoms with Crippen molar-refractivity contribution in [3.63, 3.8) is 0 Å². The summed E-state index contributed by atoms with van der Waals surface area (Å²) < 4.78 is 19.0. The molecule has 2 heterocycles. The molecule has 1 fully saturated rings. The van der Waals surface area contributed by atoms with Gasteiger partial charge in [0.1, 0.15) is 11.6 Å². The summed E-state index contributed by atoms with van der Waals surface area (Å²) >= 11 is 0. The first-order valence-corrected chi connectivity index (χ1v) is 7.81. The molecule has 3 nitrogen and oxygen atoms in total. The van der Waals surface area contributed by atoms with Gasteiger partial charge in [0.15, 0.2) is 0 Å². The van der Waals surface area contributed by atoms with Crippen LogP contribution in [0, 0.1) is 5.82 Å². The number of halogens is 1. The molecule has 0 amide bonds. The zero-order valence-corrected chi connectivity index (χ0v) is 12.4. The Balaban J connectivity index is 1.75. The Morgan fingerprint density at radius 2 is 1.91 bits per heavy atom. The van der Waals surface area contributed by atoms with E-state index in [9.17, 15) is 4.39 Å². The molecule has 2 aromatic rings. The van der Waals surface area contributed by atoms with Gasteiger partial charge in [0.05, 0.1) is 12.3 Å². The van der Waals surface area contributed by atoms with Crippen LogP contribution < -0.4 is 15.0 Å². The van der Waals surface area contributed by atoms with Crippen molar-refractivity contribution in [2.45, 2.75) is 12.5 Å². The molecule has 1 N–H and O–H groups in total. The Morgan fingerprint density at radius 1 is 1.09 bits per heavy atom. The molecule has 0 saturated carbocycles. The fourth-order valence-corrected chi connectivity index (χ4v) is 3.33. The molecule has 2 aliphatic heterocycles. The van der Waals surface area contributed by atoms with Crippen LogP contribution in [0.5, 0.6) is 5.75 Å². The second-order valence-electron chi connectivity index (χ2n) is 5.88. The average Bonchev–Trinajstić information content (AvgIpc) is 2.74. The molecular formula is C18H19FN2O. The number of benzene rings is 2. The molecular weight excluding hydrogens is 279 g/mol. The third kappa shape index (κ3) is 2.44. The van der Waals surface area contributed by atoms with Gasteiger partial charge in [0, 0.05) is 32.1 Å². The van der Waals surface area contributed by atoms with Gasteiger partial charge in [-0.3, -0.25) is 0 Å². The first kappa shape index (κ1) is 13.6. The number of hydrogen-bond donors (Lipinski definition) is 1. The topological polar surface area (TPSA) is 24.5 Å². The normalized spacial score (nSPS) is 20.6. The third-order valence-electron chi connectivity index (χ3n) is 4.50. The van der Waals surface area contributed by atoms with Crippen LogP contribution >= 0.6 is 0 Å². The smallest absolute Gasteiger partial charge is 0.142 e. The number of hydrogen-bond acceptors (Lipinski definition) is 3. The van der Waals surface area contributed by atoms with E-state index < -0.39 is 0 Å². The van der Waals surface area contributed by atoms with E-state index in [1.54, 1.807) is 0 Å². The van der Waals surface area contributed by atoms with Crippen molar-refractivity contribution in [1.29, 1.82) is 0 Å². The number of anilines is 1. The van der Waals surface area contributed by atoms with E-state index >= 15 is 0 Å². The second kappa shape index (κ2) is 5.61. The molecule has 1 atom stereocenters. The van der Waals surface area contributed by atoms with Crippen LogP contribution in [0.15, 0.2) is 42.5 Å². The quantitative estimate of drug-likeness (QED) is 0.876. The van der Waals surface area contributed by atoms with Gasteiger partial charge < -0.3 is 15.0 Å². The predicted molar refractivity (Wildman–Crippen MR) is 86.0 cm³/mol. The summed E-state index contributed by atoms with van der Waals surface area (Å²) in [6.45, 7) is 3.75. The molecule has 114 valence electrons. The van der Waals surface area contributed by atoms with E-state index in [0.717, 1.165) is 55.2 Å². The van der Waals surface area contributed by atoms with Crippen LogP contribution in [0.4, 0.5) is 10.1 Å². The second-order valence-corrected chi connectivity index (χ2v) is 5.88. The number of piperazine rings is 1. The van der Waals surface area contributed by atoms with Gasteiger partial charge in [-0.05, 0) is 35.4 Å². The number of fused-ring (bicyclic) bond motifs is 3. The lowest BCUT2D eigenvalue weighted by molar-refractivity contribution is 0.304. The Labute approximate surface area is 129 Å². The fourth-order valence-electron chi connectivity index (χ4n) is 3.33. The molecule has 22 heavy (non-hydrogen) atoms. The van der Waals surface area contributed by atoms with Crippen molar-refractivity contribution in [2.24, 2.45) is 0 Å². The van der Waals surface area contributed by atoms with Crippen LogP contribution in [0.1, 0.15) is 6.42 Å². The maximum Gasteiger partial charge on any atom is 0.142 e. The van der Waals surface area contributed by atoms with E-state index in [0.29, 0.717) is 6.04 Å². The van der Waals surface area contributed by atoms with Gasteiger partial charge in [-0.15, -0.1) is 0 Å². The van der Waals surface area contributed by atoms with E-state index in [2.05, 4.69) is 22.3 Å². The highest BCUT2D eigenvalue weighted by Gasteiger charge is 2.27. The van der Waals surface area contributed by atoms with Gasteiger partial charge >= 0.3 is 0 Å². The highest BCUT2D eigenvalue weighted by molar-refractivity contribution is 5.73. The van der Waals surface area contributed by atoms with E-state index in [1.807, 2.05) is 18.2 Å². The van der Waals surface area contributed by atoms with E-state index in [1.165, 1.54) is 12.1 Å². The van der Waals surface area contributed by atoms with Crippen LogP contribution in [-0.2, 0) is 0 Å². The number of nitrogens with zero attached hydrogens (tertiary/aromatic N) is 1. The fraction of sp³-hybridized carbons (Fsp3) is 0.333. The highest BCUT2D eigenvalue weighted by Crippen LogP contribution is 2.37. The Kier molecular flexibility index (Phi) is 3.47. The summed E-state index contributed by atoms with van der Waals surface area (Å²) in [5.41, 5.74) is 3.28. The van der Waals surface area contributed by atoms with Gasteiger partial charge in [0.2, 0.25) is 0 Å². The molecule has 2 aromatic carbocycles. The predicted octanol–water partition coefficient (Wildman–Crippen LogP) is 3.05. The molecule has 0 aromatic heterocycles. The van der Waals surface area contributed by atoms with Crippen molar-refractivity contribution >= 4 is 5.69 Å². The first-order chi connectivity index (χ1) is 10.8. The summed E-state index contributed by atoms with van der Waals surface area (Å²) in [5.74, 6) is 0.749. The van der Waals surface area contributed by atoms with Crippen molar-refractivity contribution in [1.82, 2.24) is 5.32 Å². The summed E-state index contributed by atoms with van der Waals surface area (Å²) in [4.78, 5) is 2.45. The van der Waals surface area contributed by atoms with Gasteiger partial charge in [-0.2, -0.15) is 0 Å². The van der Waals surface area contributed by atoms with Crippen molar-refractivity contribution in [2.75, 3.05) is 31.1 Å². The summed E-state index contributed by atoms with van der Waals surface area (Å²) in [5, 5.41) is 3.46. The number of nitrogens with one attached hydrogen (secondary N) is 1. The van der Waals surface area contributed by atoms with E-state index in [4.69, 9.17) is 4.74 Å². The molecule has 0 spiro atoms.